The molecule has 5 heteroatoms. The minimum Gasteiger partial charge on any atom is -0.407 e. The number of aromatic nitrogens is 2. The molecule has 1 saturated heterocycles. The average Bonchev–Trinajstić information content (AvgIpc) is 2.97. The second-order valence-corrected chi connectivity index (χ2v) is 5.32. The Bertz CT molecular complexity index is 581. The summed E-state index contributed by atoms with van der Waals surface area (Å²) in [6.45, 7) is 4.36. The van der Waals surface area contributed by atoms with Crippen LogP contribution in [0.25, 0.3) is 0 Å². The molecule has 3 rings (SSSR count). The molecule has 20 heavy (non-hydrogen) atoms. The second kappa shape index (κ2) is 5.63. The lowest BCUT2D eigenvalue weighted by Gasteiger charge is -2.32. The molecule has 0 radical (unpaired) electrons. The molecule has 1 unspecified atom stereocenters. The first-order chi connectivity index (χ1) is 9.78. The van der Waals surface area contributed by atoms with Crippen LogP contribution < -0.4 is 10.6 Å². The SMILES string of the molecule is Cc1ccccc1C1CCCN(c2nnc(CN)o2)C1. The first kappa shape index (κ1) is 13.1. The number of hydrogen-bond acceptors (Lipinski definition) is 5. The third-order valence-electron chi connectivity index (χ3n) is 3.95. The van der Waals surface area contributed by atoms with Crippen molar-refractivity contribution in [2.24, 2.45) is 5.73 Å². The summed E-state index contributed by atoms with van der Waals surface area (Å²) in [7, 11) is 0. The summed E-state index contributed by atoms with van der Waals surface area (Å²) < 4.78 is 5.57. The highest BCUT2D eigenvalue weighted by Gasteiger charge is 2.25. The maximum atomic E-state index is 5.57. The normalized spacial score (nSPS) is 19.3. The Hall–Kier alpha value is -1.88. The molecule has 0 bridgehead atoms. The highest BCUT2D eigenvalue weighted by Crippen LogP contribution is 2.30. The molecule has 1 atom stereocenters. The summed E-state index contributed by atoms with van der Waals surface area (Å²) in [5.74, 6) is 1.02. The number of anilines is 1. The van der Waals surface area contributed by atoms with Crippen molar-refractivity contribution in [2.75, 3.05) is 18.0 Å². The van der Waals surface area contributed by atoms with Crippen molar-refractivity contribution in [3.05, 3.63) is 41.3 Å². The van der Waals surface area contributed by atoms with Crippen LogP contribution in [0.2, 0.25) is 0 Å². The van der Waals surface area contributed by atoms with E-state index in [1.54, 1.807) is 0 Å². The van der Waals surface area contributed by atoms with E-state index in [0.717, 1.165) is 19.5 Å². The third kappa shape index (κ3) is 2.54. The highest BCUT2D eigenvalue weighted by atomic mass is 16.4. The zero-order valence-electron chi connectivity index (χ0n) is 11.7. The van der Waals surface area contributed by atoms with Crippen LogP contribution in [-0.4, -0.2) is 23.3 Å². The van der Waals surface area contributed by atoms with Crippen LogP contribution in [0.15, 0.2) is 28.7 Å². The van der Waals surface area contributed by atoms with Gasteiger partial charge in [0.2, 0.25) is 5.89 Å². The first-order valence-electron chi connectivity index (χ1n) is 7.11. The van der Waals surface area contributed by atoms with E-state index in [1.807, 2.05) is 0 Å². The highest BCUT2D eigenvalue weighted by molar-refractivity contribution is 5.34. The molecule has 1 aromatic heterocycles. The number of benzene rings is 1. The molecule has 0 saturated carbocycles. The molecule has 0 spiro atoms. The smallest absolute Gasteiger partial charge is 0.318 e. The largest absolute Gasteiger partial charge is 0.407 e. The molecule has 1 aromatic carbocycles. The molecule has 1 aliphatic heterocycles. The van der Waals surface area contributed by atoms with Gasteiger partial charge in [-0.05, 0) is 30.9 Å². The van der Waals surface area contributed by atoms with Crippen molar-refractivity contribution in [1.29, 1.82) is 0 Å². The van der Waals surface area contributed by atoms with Gasteiger partial charge in [0.15, 0.2) is 0 Å². The van der Waals surface area contributed by atoms with Crippen LogP contribution in [-0.2, 0) is 6.54 Å². The fourth-order valence-corrected chi connectivity index (χ4v) is 2.90. The molecule has 2 heterocycles. The zero-order valence-corrected chi connectivity index (χ0v) is 11.7. The molecule has 5 nitrogen and oxygen atoms in total. The maximum Gasteiger partial charge on any atom is 0.318 e. The molecular weight excluding hydrogens is 252 g/mol. The monoisotopic (exact) mass is 272 g/mol. The lowest BCUT2D eigenvalue weighted by molar-refractivity contribution is 0.441. The zero-order chi connectivity index (χ0) is 13.9. The van der Waals surface area contributed by atoms with Crippen molar-refractivity contribution >= 4 is 6.01 Å². The average molecular weight is 272 g/mol. The Balaban J connectivity index is 1.78. The van der Waals surface area contributed by atoms with Crippen LogP contribution in [0, 0.1) is 6.92 Å². The fraction of sp³-hybridized carbons (Fsp3) is 0.467. The van der Waals surface area contributed by atoms with Gasteiger partial charge < -0.3 is 15.1 Å². The summed E-state index contributed by atoms with van der Waals surface area (Å²) in [6.07, 6.45) is 2.35. The van der Waals surface area contributed by atoms with Crippen molar-refractivity contribution in [2.45, 2.75) is 32.2 Å². The summed E-state index contributed by atoms with van der Waals surface area (Å²) in [6, 6.07) is 9.20. The number of piperidine rings is 1. The van der Waals surface area contributed by atoms with Crippen LogP contribution >= 0.6 is 0 Å². The van der Waals surface area contributed by atoms with E-state index in [1.165, 1.54) is 17.5 Å². The van der Waals surface area contributed by atoms with Gasteiger partial charge in [-0.3, -0.25) is 0 Å². The van der Waals surface area contributed by atoms with E-state index in [-0.39, 0.29) is 0 Å². The van der Waals surface area contributed by atoms with Crippen LogP contribution in [0.3, 0.4) is 0 Å². The summed E-state index contributed by atoms with van der Waals surface area (Å²) >= 11 is 0. The van der Waals surface area contributed by atoms with Gasteiger partial charge in [-0.25, -0.2) is 0 Å². The van der Waals surface area contributed by atoms with Crippen LogP contribution in [0.4, 0.5) is 6.01 Å². The quantitative estimate of drug-likeness (QED) is 0.928. The topological polar surface area (TPSA) is 68.2 Å². The third-order valence-corrected chi connectivity index (χ3v) is 3.95. The van der Waals surface area contributed by atoms with Gasteiger partial charge in [-0.1, -0.05) is 29.4 Å². The molecule has 1 fully saturated rings. The standard InChI is InChI=1S/C15H20N4O/c1-11-5-2-3-7-13(11)12-6-4-8-19(10-12)15-18-17-14(9-16)20-15/h2-3,5,7,12H,4,6,8-10,16H2,1H3. The van der Waals surface area contributed by atoms with Gasteiger partial charge in [0.1, 0.15) is 0 Å². The lowest BCUT2D eigenvalue weighted by atomic mass is 9.88. The molecular formula is C15H20N4O. The molecule has 0 amide bonds. The Morgan fingerprint density at radius 3 is 2.95 bits per heavy atom. The lowest BCUT2D eigenvalue weighted by Crippen LogP contribution is -2.34. The molecule has 1 aliphatic rings. The Morgan fingerprint density at radius 1 is 1.35 bits per heavy atom. The predicted octanol–water partition coefficient (Wildman–Crippen LogP) is 2.22. The van der Waals surface area contributed by atoms with E-state index in [0.29, 0.717) is 24.4 Å². The second-order valence-electron chi connectivity index (χ2n) is 5.32. The number of nitrogens with two attached hydrogens (primary N) is 1. The Morgan fingerprint density at radius 2 is 2.20 bits per heavy atom. The first-order valence-corrected chi connectivity index (χ1v) is 7.11. The predicted molar refractivity (Wildman–Crippen MR) is 77.6 cm³/mol. The van der Waals surface area contributed by atoms with Crippen LogP contribution in [0.5, 0.6) is 0 Å². The van der Waals surface area contributed by atoms with Gasteiger partial charge in [0.25, 0.3) is 0 Å². The molecule has 106 valence electrons. The molecule has 2 N–H and O–H groups in total. The van der Waals surface area contributed by atoms with Crippen molar-refractivity contribution < 1.29 is 4.42 Å². The van der Waals surface area contributed by atoms with E-state index in [9.17, 15) is 0 Å². The molecule has 0 aliphatic carbocycles. The fourth-order valence-electron chi connectivity index (χ4n) is 2.90. The summed E-state index contributed by atoms with van der Waals surface area (Å²) in [5.41, 5.74) is 8.30. The van der Waals surface area contributed by atoms with E-state index >= 15 is 0 Å². The number of rotatable bonds is 3. The van der Waals surface area contributed by atoms with Gasteiger partial charge in [0, 0.05) is 19.0 Å². The number of hydrogen-bond donors (Lipinski definition) is 1. The van der Waals surface area contributed by atoms with E-state index < -0.39 is 0 Å². The maximum absolute atomic E-state index is 5.57. The summed E-state index contributed by atoms with van der Waals surface area (Å²) in [4.78, 5) is 2.17. The minimum atomic E-state index is 0.294. The van der Waals surface area contributed by atoms with Crippen molar-refractivity contribution in [3.8, 4) is 0 Å². The Kier molecular flexibility index (Phi) is 3.69. The van der Waals surface area contributed by atoms with Gasteiger partial charge in [0.05, 0.1) is 6.54 Å². The van der Waals surface area contributed by atoms with Crippen molar-refractivity contribution in [3.63, 3.8) is 0 Å². The number of aryl methyl sites for hydroxylation is 1. The minimum absolute atomic E-state index is 0.294. The van der Waals surface area contributed by atoms with Crippen molar-refractivity contribution in [1.82, 2.24) is 10.2 Å². The van der Waals surface area contributed by atoms with Gasteiger partial charge in [-0.15, -0.1) is 5.10 Å². The van der Waals surface area contributed by atoms with Gasteiger partial charge in [-0.2, -0.15) is 0 Å². The van der Waals surface area contributed by atoms with E-state index in [2.05, 4.69) is 46.3 Å². The van der Waals surface area contributed by atoms with E-state index in [4.69, 9.17) is 10.2 Å². The Labute approximate surface area is 118 Å². The number of nitrogens with zero attached hydrogens (tertiary/aromatic N) is 3. The molecule has 2 aromatic rings. The van der Waals surface area contributed by atoms with Gasteiger partial charge >= 0.3 is 6.01 Å². The van der Waals surface area contributed by atoms with Crippen LogP contribution in [0.1, 0.15) is 35.8 Å². The summed E-state index contributed by atoms with van der Waals surface area (Å²) in [5, 5.41) is 8.03.